The van der Waals surface area contributed by atoms with Crippen molar-refractivity contribution in [2.24, 2.45) is 0 Å². The van der Waals surface area contributed by atoms with Crippen LogP contribution in [0, 0.1) is 0 Å². The van der Waals surface area contributed by atoms with Crippen molar-refractivity contribution in [1.82, 2.24) is 0 Å². The Labute approximate surface area is 125 Å². The monoisotopic (exact) mass is 280 g/mol. The molecule has 2 atom stereocenters. The van der Waals surface area contributed by atoms with Gasteiger partial charge in [-0.15, -0.1) is 0 Å². The van der Waals surface area contributed by atoms with Crippen molar-refractivity contribution in [3.63, 3.8) is 0 Å². The summed E-state index contributed by atoms with van der Waals surface area (Å²) in [5.41, 5.74) is 1.98. The first-order valence-corrected chi connectivity index (χ1v) is 7.81. The van der Waals surface area contributed by atoms with E-state index in [1.165, 1.54) is 11.1 Å². The van der Waals surface area contributed by atoms with Gasteiger partial charge in [0.05, 0.1) is 0 Å². The number of rotatable bonds is 2. The molecule has 2 saturated heterocycles. The van der Waals surface area contributed by atoms with E-state index < -0.39 is 0 Å². The van der Waals surface area contributed by atoms with Crippen LogP contribution in [0.15, 0.2) is 60.7 Å². The van der Waals surface area contributed by atoms with Crippen LogP contribution < -0.4 is 0 Å². The Morgan fingerprint density at radius 3 is 1.38 bits per heavy atom. The Morgan fingerprint density at radius 1 is 0.571 bits per heavy atom. The molecule has 1 aliphatic carbocycles. The lowest BCUT2D eigenvalue weighted by Gasteiger charge is -2.42. The van der Waals surface area contributed by atoms with Gasteiger partial charge in [0.25, 0.3) is 0 Å². The molecule has 0 radical (unpaired) electrons. The van der Waals surface area contributed by atoms with E-state index in [2.05, 4.69) is 60.7 Å². The minimum absolute atomic E-state index is 0.254. The third-order valence-corrected chi connectivity index (χ3v) is 5.05. The molecule has 2 aromatic carbocycles. The number of hydrogen-bond acceptors (Lipinski definition) is 2. The molecule has 2 heterocycles. The van der Waals surface area contributed by atoms with Crippen LogP contribution in [0.1, 0.15) is 43.2 Å². The molecular formula is C19H20O2. The SMILES string of the molecule is c1ccc([C@@]23CCC[C@](c4ccccc4)(CC2)OO3)cc1. The van der Waals surface area contributed by atoms with Gasteiger partial charge in [-0.2, -0.15) is 0 Å². The van der Waals surface area contributed by atoms with E-state index in [1.807, 2.05) is 0 Å². The maximum Gasteiger partial charge on any atom is 0.129 e. The van der Waals surface area contributed by atoms with Gasteiger partial charge in [0.1, 0.15) is 11.2 Å². The smallest absolute Gasteiger partial charge is 0.129 e. The molecule has 2 aromatic rings. The number of fused-ring (bicyclic) bond motifs is 4. The van der Waals surface area contributed by atoms with Crippen LogP contribution in [-0.2, 0) is 21.0 Å². The largest absolute Gasteiger partial charge is 0.224 e. The first-order valence-electron chi connectivity index (χ1n) is 7.81. The molecule has 3 aliphatic rings. The summed E-state index contributed by atoms with van der Waals surface area (Å²) in [4.78, 5) is 12.1. The first-order chi connectivity index (χ1) is 10.3. The van der Waals surface area contributed by atoms with Crippen LogP contribution in [-0.4, -0.2) is 0 Å². The Kier molecular flexibility index (Phi) is 3.09. The fraction of sp³-hybridized carbons (Fsp3) is 0.368. The Morgan fingerprint density at radius 2 is 1.00 bits per heavy atom. The van der Waals surface area contributed by atoms with Gasteiger partial charge in [-0.25, -0.2) is 9.78 Å². The highest BCUT2D eigenvalue weighted by Crippen LogP contribution is 2.52. The van der Waals surface area contributed by atoms with Crippen molar-refractivity contribution in [1.29, 1.82) is 0 Å². The quantitative estimate of drug-likeness (QED) is 0.742. The molecule has 2 heteroatoms. The second-order valence-electron chi connectivity index (χ2n) is 6.24. The summed E-state index contributed by atoms with van der Waals surface area (Å²) in [5, 5.41) is 0. The van der Waals surface area contributed by atoms with E-state index >= 15 is 0 Å². The third kappa shape index (κ3) is 2.10. The fourth-order valence-electron chi connectivity index (χ4n) is 3.80. The van der Waals surface area contributed by atoms with E-state index in [9.17, 15) is 0 Å². The van der Waals surface area contributed by atoms with Crippen molar-refractivity contribution in [2.75, 3.05) is 0 Å². The van der Waals surface area contributed by atoms with Crippen molar-refractivity contribution in [3.8, 4) is 0 Å². The van der Waals surface area contributed by atoms with Crippen LogP contribution in [0.5, 0.6) is 0 Å². The maximum absolute atomic E-state index is 6.03. The summed E-state index contributed by atoms with van der Waals surface area (Å²) >= 11 is 0. The zero-order valence-electron chi connectivity index (χ0n) is 12.1. The molecule has 2 aliphatic heterocycles. The lowest BCUT2D eigenvalue weighted by molar-refractivity contribution is -0.444. The molecule has 2 bridgehead atoms. The van der Waals surface area contributed by atoms with Crippen LogP contribution in [0.4, 0.5) is 0 Å². The van der Waals surface area contributed by atoms with Gasteiger partial charge in [-0.05, 0) is 43.2 Å². The molecule has 21 heavy (non-hydrogen) atoms. The molecule has 2 nitrogen and oxygen atoms in total. The fourth-order valence-corrected chi connectivity index (χ4v) is 3.80. The van der Waals surface area contributed by atoms with Gasteiger partial charge in [-0.3, -0.25) is 0 Å². The first kappa shape index (κ1) is 13.1. The molecular weight excluding hydrogens is 260 g/mol. The normalized spacial score (nSPS) is 31.8. The molecule has 1 saturated carbocycles. The van der Waals surface area contributed by atoms with Gasteiger partial charge in [0.15, 0.2) is 0 Å². The van der Waals surface area contributed by atoms with E-state index in [0.717, 1.165) is 32.1 Å². The summed E-state index contributed by atoms with van der Waals surface area (Å²) in [6.45, 7) is 0. The van der Waals surface area contributed by atoms with E-state index in [1.54, 1.807) is 0 Å². The van der Waals surface area contributed by atoms with Crippen molar-refractivity contribution < 1.29 is 9.78 Å². The van der Waals surface area contributed by atoms with E-state index in [0.29, 0.717) is 0 Å². The van der Waals surface area contributed by atoms with Crippen molar-refractivity contribution in [2.45, 2.75) is 43.3 Å². The molecule has 0 amide bonds. The average Bonchev–Trinajstić information content (AvgIpc) is 2.89. The highest BCUT2D eigenvalue weighted by molar-refractivity contribution is 5.27. The summed E-state index contributed by atoms with van der Waals surface area (Å²) in [6.07, 6.45) is 5.23. The predicted octanol–water partition coefficient (Wildman–Crippen LogP) is 4.70. The van der Waals surface area contributed by atoms with Gasteiger partial charge in [0, 0.05) is 0 Å². The van der Waals surface area contributed by atoms with Crippen LogP contribution in [0.25, 0.3) is 0 Å². The van der Waals surface area contributed by atoms with Gasteiger partial charge in [-0.1, -0.05) is 60.7 Å². The Hall–Kier alpha value is -1.64. The van der Waals surface area contributed by atoms with Crippen molar-refractivity contribution >= 4 is 0 Å². The Balaban J connectivity index is 1.67. The van der Waals surface area contributed by atoms with Crippen LogP contribution >= 0.6 is 0 Å². The highest BCUT2D eigenvalue weighted by atomic mass is 17.2. The number of hydrogen-bond donors (Lipinski definition) is 0. The zero-order chi connectivity index (χ0) is 14.2. The molecule has 3 fully saturated rings. The molecule has 0 spiro atoms. The summed E-state index contributed by atoms with van der Waals surface area (Å²) in [7, 11) is 0. The summed E-state index contributed by atoms with van der Waals surface area (Å²) in [5.74, 6) is 0. The molecule has 0 unspecified atom stereocenters. The maximum atomic E-state index is 6.03. The highest BCUT2D eigenvalue weighted by Gasteiger charge is 2.50. The second-order valence-corrected chi connectivity index (χ2v) is 6.24. The topological polar surface area (TPSA) is 18.5 Å². The van der Waals surface area contributed by atoms with E-state index in [4.69, 9.17) is 9.78 Å². The zero-order valence-corrected chi connectivity index (χ0v) is 12.1. The number of benzene rings is 2. The van der Waals surface area contributed by atoms with Gasteiger partial charge in [0.2, 0.25) is 0 Å². The standard InChI is InChI=1S/C19H20O2/c1-3-8-16(9-4-1)18-12-7-13-19(15-14-18,21-20-18)17-10-5-2-6-11-17/h1-6,8-11H,7,12-15H2/t18-,19-/m1/s1. The minimum Gasteiger partial charge on any atom is -0.224 e. The summed E-state index contributed by atoms with van der Waals surface area (Å²) < 4.78 is 0. The average molecular weight is 280 g/mol. The summed E-state index contributed by atoms with van der Waals surface area (Å²) in [6, 6.07) is 21.1. The van der Waals surface area contributed by atoms with Gasteiger partial charge >= 0.3 is 0 Å². The van der Waals surface area contributed by atoms with E-state index in [-0.39, 0.29) is 11.2 Å². The van der Waals surface area contributed by atoms with Gasteiger partial charge < -0.3 is 0 Å². The lowest BCUT2D eigenvalue weighted by atomic mass is 9.82. The predicted molar refractivity (Wildman–Crippen MR) is 81.5 cm³/mol. The molecule has 0 N–H and O–H groups in total. The third-order valence-electron chi connectivity index (χ3n) is 5.05. The lowest BCUT2D eigenvalue weighted by Crippen LogP contribution is -2.40. The molecule has 5 rings (SSSR count). The van der Waals surface area contributed by atoms with Crippen LogP contribution in [0.2, 0.25) is 0 Å². The second kappa shape index (κ2) is 4.97. The Bertz CT molecular complexity index is 542. The minimum atomic E-state index is -0.254. The van der Waals surface area contributed by atoms with Crippen LogP contribution in [0.3, 0.4) is 0 Å². The molecule has 108 valence electrons. The molecule has 0 aromatic heterocycles. The van der Waals surface area contributed by atoms with Crippen molar-refractivity contribution in [3.05, 3.63) is 71.8 Å².